The van der Waals surface area contributed by atoms with Crippen LogP contribution in [0.2, 0.25) is 6.04 Å². The van der Waals surface area contributed by atoms with Crippen LogP contribution in [-0.4, -0.2) is 28.4 Å². The highest BCUT2D eigenvalue weighted by molar-refractivity contribution is 7.19. The summed E-state index contributed by atoms with van der Waals surface area (Å²) in [4.78, 5) is 0. The van der Waals surface area contributed by atoms with Gasteiger partial charge in [0.05, 0.1) is 7.93 Å². The zero-order chi connectivity index (χ0) is 7.72. The fourth-order valence-electron chi connectivity index (χ4n) is 0.748. The van der Waals surface area contributed by atoms with E-state index in [1.165, 1.54) is 0 Å². The summed E-state index contributed by atoms with van der Waals surface area (Å²) in [6.07, 6.45) is 7.94. The molecule has 0 aliphatic carbocycles. The first kappa shape index (κ1) is 7.56. The molecule has 1 nitrogen and oxygen atoms in total. The molecule has 0 saturated carbocycles. The van der Waals surface area contributed by atoms with Gasteiger partial charge in [0.15, 0.2) is 0 Å². The van der Waals surface area contributed by atoms with Gasteiger partial charge in [-0.15, -0.1) is 6.17 Å². The summed E-state index contributed by atoms with van der Waals surface area (Å²) in [5.41, 5.74) is 1.02. The van der Waals surface area contributed by atoms with Crippen LogP contribution in [-0.2, 0) is 4.43 Å². The van der Waals surface area contributed by atoms with E-state index in [-0.39, 0.29) is 0 Å². The Morgan fingerprint density at radius 2 is 1.90 bits per heavy atom. The van der Waals surface area contributed by atoms with Crippen molar-refractivity contribution < 1.29 is 4.43 Å². The first-order valence-corrected chi connectivity index (χ1v) is 7.56. The molecule has 0 bridgehead atoms. The molecule has 3 heteroatoms. The van der Waals surface area contributed by atoms with Crippen LogP contribution in [0.5, 0.6) is 0 Å². The van der Waals surface area contributed by atoms with Crippen LogP contribution in [0.15, 0.2) is 24.5 Å². The van der Waals surface area contributed by atoms with Crippen molar-refractivity contribution in [2.45, 2.75) is 6.04 Å². The number of rotatable bonds is 0. The summed E-state index contributed by atoms with van der Waals surface area (Å²) < 4.78 is 5.39. The summed E-state index contributed by atoms with van der Waals surface area (Å²) in [6.45, 7) is 7.56. The smallest absolute Gasteiger partial charge is 0.232 e. The van der Waals surface area contributed by atoms with E-state index in [1.54, 1.807) is 0 Å². The molecular formula is C7H10OSi2. The standard InChI is InChI=1S/C7H10OSi2/c1-6-5-9(3)10(4)8-7(6)2/h1-5H2. The van der Waals surface area contributed by atoms with Crippen LogP contribution in [0, 0.1) is 0 Å². The fourth-order valence-corrected chi connectivity index (χ4v) is 4.28. The van der Waals surface area contributed by atoms with Gasteiger partial charge in [-0.25, -0.2) is 0 Å². The van der Waals surface area contributed by atoms with Crippen LogP contribution in [0.1, 0.15) is 0 Å². The normalized spacial score (nSPS) is 19.2. The Morgan fingerprint density at radius 1 is 1.30 bits per heavy atom. The van der Waals surface area contributed by atoms with Crippen molar-refractivity contribution in [1.82, 2.24) is 0 Å². The Bertz CT molecular complexity index is 190. The predicted octanol–water partition coefficient (Wildman–Crippen LogP) is 0.679. The molecule has 1 saturated heterocycles. The zero-order valence-corrected chi connectivity index (χ0v) is 7.94. The molecule has 0 spiro atoms. The lowest BCUT2D eigenvalue weighted by Crippen LogP contribution is -2.28. The quantitative estimate of drug-likeness (QED) is 0.481. The molecule has 0 N–H and O–H groups in total. The molecule has 1 rings (SSSR count). The molecule has 1 heterocycles. The molecule has 1 aliphatic heterocycles. The van der Waals surface area contributed by atoms with E-state index in [0.717, 1.165) is 17.4 Å². The Hall–Kier alpha value is -0.546. The van der Waals surface area contributed by atoms with Crippen LogP contribution < -0.4 is 0 Å². The molecule has 0 aromatic rings. The highest BCUT2D eigenvalue weighted by Crippen LogP contribution is 2.16. The van der Waals surface area contributed by atoms with Gasteiger partial charge in [0.2, 0.25) is 8.17 Å². The topological polar surface area (TPSA) is 9.23 Å². The van der Waals surface area contributed by atoms with Gasteiger partial charge < -0.3 is 4.43 Å². The van der Waals surface area contributed by atoms with E-state index in [9.17, 15) is 0 Å². The molecule has 0 aromatic carbocycles. The Kier molecular flexibility index (Phi) is 1.96. The molecule has 10 heavy (non-hydrogen) atoms. The molecule has 1 aliphatic rings. The second-order valence-electron chi connectivity index (χ2n) is 2.33. The van der Waals surface area contributed by atoms with Crippen molar-refractivity contribution in [1.29, 1.82) is 0 Å². The van der Waals surface area contributed by atoms with Crippen molar-refractivity contribution in [2.75, 3.05) is 0 Å². The van der Waals surface area contributed by atoms with Gasteiger partial charge in [0, 0.05) is 0 Å². The fraction of sp³-hybridized carbons (Fsp3) is 0.143. The van der Waals surface area contributed by atoms with Crippen molar-refractivity contribution in [3.8, 4) is 0 Å². The van der Waals surface area contributed by atoms with E-state index in [4.69, 9.17) is 4.43 Å². The summed E-state index contributed by atoms with van der Waals surface area (Å²) in [7, 11) is -1.47. The van der Waals surface area contributed by atoms with Crippen LogP contribution in [0.3, 0.4) is 0 Å². The van der Waals surface area contributed by atoms with Gasteiger partial charge in [-0.3, -0.25) is 0 Å². The maximum atomic E-state index is 5.39. The van der Waals surface area contributed by atoms with E-state index < -0.39 is 16.1 Å². The number of allylic oxidation sites excluding steroid dienone is 1. The molecule has 0 amide bonds. The van der Waals surface area contributed by atoms with Gasteiger partial charge in [0.1, 0.15) is 5.76 Å². The van der Waals surface area contributed by atoms with Crippen LogP contribution in [0.4, 0.5) is 0 Å². The highest BCUT2D eigenvalue weighted by Gasteiger charge is 2.16. The molecule has 52 valence electrons. The minimum absolute atomic E-state index is 0.594. The summed E-state index contributed by atoms with van der Waals surface area (Å²) in [5, 5.41) is 0. The lowest BCUT2D eigenvalue weighted by molar-refractivity contribution is 0.471. The van der Waals surface area contributed by atoms with Crippen LogP contribution in [0.25, 0.3) is 0 Å². The van der Waals surface area contributed by atoms with E-state index in [2.05, 4.69) is 25.5 Å². The van der Waals surface area contributed by atoms with Crippen molar-refractivity contribution in [3.63, 3.8) is 0 Å². The van der Waals surface area contributed by atoms with Crippen LogP contribution >= 0.6 is 0 Å². The zero-order valence-electron chi connectivity index (χ0n) is 5.94. The first-order valence-electron chi connectivity index (χ1n) is 3.03. The van der Waals surface area contributed by atoms with Gasteiger partial charge >= 0.3 is 0 Å². The third-order valence-electron chi connectivity index (χ3n) is 1.46. The van der Waals surface area contributed by atoms with Crippen molar-refractivity contribution in [3.05, 3.63) is 24.5 Å². The van der Waals surface area contributed by atoms with Gasteiger partial charge in [-0.05, 0) is 11.6 Å². The predicted molar refractivity (Wildman–Crippen MR) is 49.9 cm³/mol. The van der Waals surface area contributed by atoms with Crippen molar-refractivity contribution in [2.24, 2.45) is 0 Å². The van der Waals surface area contributed by atoms with Gasteiger partial charge in [-0.2, -0.15) is 0 Å². The molecular weight excluding hydrogens is 156 g/mol. The number of hydrogen-bond donors (Lipinski definition) is 0. The Labute approximate surface area is 64.0 Å². The summed E-state index contributed by atoms with van der Waals surface area (Å²) >= 11 is 0. The summed E-state index contributed by atoms with van der Waals surface area (Å²) in [6, 6.07) is 1.00. The van der Waals surface area contributed by atoms with E-state index in [1.807, 2.05) is 0 Å². The number of hydrogen-bond acceptors (Lipinski definition) is 1. The van der Waals surface area contributed by atoms with Gasteiger partial charge in [0.25, 0.3) is 0 Å². The third kappa shape index (κ3) is 1.30. The average molecular weight is 166 g/mol. The first-order chi connectivity index (χ1) is 4.61. The monoisotopic (exact) mass is 166 g/mol. The van der Waals surface area contributed by atoms with Crippen molar-refractivity contribution >= 4 is 28.4 Å². The Morgan fingerprint density at radius 3 is 2.40 bits per heavy atom. The molecule has 0 unspecified atom stereocenters. The Balaban J connectivity index is 2.82. The lowest BCUT2D eigenvalue weighted by Gasteiger charge is -2.20. The molecule has 0 radical (unpaired) electrons. The minimum atomic E-state index is -0.872. The minimum Gasteiger partial charge on any atom is -0.518 e. The third-order valence-corrected chi connectivity index (χ3v) is 6.80. The summed E-state index contributed by atoms with van der Waals surface area (Å²) in [5.74, 6) is 0.737. The second kappa shape index (κ2) is 2.59. The van der Waals surface area contributed by atoms with E-state index in [0.29, 0.717) is 0 Å². The maximum Gasteiger partial charge on any atom is 0.232 e. The van der Waals surface area contributed by atoms with Gasteiger partial charge in [-0.1, -0.05) is 19.3 Å². The lowest BCUT2D eigenvalue weighted by atomic mass is 10.3. The molecule has 0 aromatic heterocycles. The highest BCUT2D eigenvalue weighted by atomic mass is 29.2. The largest absolute Gasteiger partial charge is 0.518 e. The van der Waals surface area contributed by atoms with E-state index >= 15 is 0 Å². The SMILES string of the molecule is C=C1C[Si](=C)[Si](=C)OC1=C. The second-order valence-corrected chi connectivity index (χ2v) is 8.74. The molecule has 0 atom stereocenters. The average Bonchev–Trinajstić information content (AvgIpc) is 1.84. The maximum absolute atomic E-state index is 5.39. The molecule has 1 fully saturated rings.